The second-order valence-electron chi connectivity index (χ2n) is 6.04. The second kappa shape index (κ2) is 9.59. The van der Waals surface area contributed by atoms with Crippen LogP contribution in [0, 0.1) is 5.92 Å². The minimum absolute atomic E-state index is 0.0348. The van der Waals surface area contributed by atoms with E-state index in [1.165, 1.54) is 0 Å². The van der Waals surface area contributed by atoms with Crippen molar-refractivity contribution in [3.8, 4) is 11.3 Å². The van der Waals surface area contributed by atoms with Gasteiger partial charge in [-0.2, -0.15) is 0 Å². The Kier molecular flexibility index (Phi) is 7.48. The van der Waals surface area contributed by atoms with Crippen molar-refractivity contribution >= 4 is 35.0 Å². The zero-order valence-electron chi connectivity index (χ0n) is 14.6. The van der Waals surface area contributed by atoms with Gasteiger partial charge in [0.25, 0.3) is 0 Å². The van der Waals surface area contributed by atoms with Crippen LogP contribution in [-0.4, -0.2) is 29.9 Å². The third kappa shape index (κ3) is 6.04. The molecule has 0 aliphatic rings. The first kappa shape index (κ1) is 20.3. The summed E-state index contributed by atoms with van der Waals surface area (Å²) in [6.45, 7) is 4.42. The molecule has 0 saturated heterocycles. The second-order valence-corrected chi connectivity index (χ2v) is 6.88. The van der Waals surface area contributed by atoms with Crippen molar-refractivity contribution in [3.63, 3.8) is 0 Å². The van der Waals surface area contributed by atoms with Crippen LogP contribution in [0.2, 0.25) is 10.0 Å². The van der Waals surface area contributed by atoms with Crippen LogP contribution < -0.4 is 10.6 Å². The molecule has 140 valence electrons. The van der Waals surface area contributed by atoms with E-state index >= 15 is 0 Å². The number of carbonyl (C=O) groups excluding carboxylic acids is 2. The summed E-state index contributed by atoms with van der Waals surface area (Å²) in [6, 6.07) is 5.11. The average Bonchev–Trinajstić information content (AvgIpc) is 3.05. The van der Waals surface area contributed by atoms with Crippen molar-refractivity contribution in [3.05, 3.63) is 40.3 Å². The third-order valence-corrected chi connectivity index (χ3v) is 4.13. The van der Waals surface area contributed by atoms with Crippen molar-refractivity contribution in [1.29, 1.82) is 0 Å². The Balaban J connectivity index is 1.77. The van der Waals surface area contributed by atoms with E-state index in [1.54, 1.807) is 24.4 Å². The number of halogens is 2. The number of nitrogens with zero attached hydrogens (tertiary/aromatic N) is 1. The SMILES string of the molecule is CC(C)C(=O)NCCNC(=O)CCc1ncc(-c2ccc(Cl)cc2Cl)o1. The standard InChI is InChI=1S/C18H21Cl2N3O3/c1-11(2)18(25)22-8-7-21-16(24)5-6-17-23-10-15(26-17)13-4-3-12(19)9-14(13)20/h3-4,9-11H,5-8H2,1-2H3,(H,21,24)(H,22,25). The molecule has 0 radical (unpaired) electrons. The number of oxazole rings is 1. The lowest BCUT2D eigenvalue weighted by atomic mass is 10.2. The summed E-state index contributed by atoms with van der Waals surface area (Å²) >= 11 is 12.0. The van der Waals surface area contributed by atoms with E-state index in [2.05, 4.69) is 15.6 Å². The van der Waals surface area contributed by atoms with E-state index < -0.39 is 0 Å². The quantitative estimate of drug-likeness (QED) is 0.667. The molecule has 1 heterocycles. The van der Waals surface area contributed by atoms with Gasteiger partial charge in [-0.05, 0) is 18.2 Å². The van der Waals surface area contributed by atoms with Gasteiger partial charge in [0.1, 0.15) is 0 Å². The fourth-order valence-corrected chi connectivity index (χ4v) is 2.64. The van der Waals surface area contributed by atoms with Gasteiger partial charge in [0.15, 0.2) is 11.7 Å². The number of benzene rings is 1. The molecule has 8 heteroatoms. The van der Waals surface area contributed by atoms with Gasteiger partial charge in [0.2, 0.25) is 11.8 Å². The van der Waals surface area contributed by atoms with Gasteiger partial charge in [-0.25, -0.2) is 4.98 Å². The monoisotopic (exact) mass is 397 g/mol. The highest BCUT2D eigenvalue weighted by Gasteiger charge is 2.12. The van der Waals surface area contributed by atoms with E-state index in [9.17, 15) is 9.59 Å². The van der Waals surface area contributed by atoms with Gasteiger partial charge in [0, 0.05) is 42.4 Å². The third-order valence-electron chi connectivity index (χ3n) is 3.59. The summed E-state index contributed by atoms with van der Waals surface area (Å²) < 4.78 is 5.65. The summed E-state index contributed by atoms with van der Waals surface area (Å²) in [5.41, 5.74) is 0.695. The lowest BCUT2D eigenvalue weighted by Gasteiger charge is -2.08. The number of hydrogen-bond acceptors (Lipinski definition) is 4. The van der Waals surface area contributed by atoms with Crippen LogP contribution in [0.5, 0.6) is 0 Å². The molecule has 26 heavy (non-hydrogen) atoms. The molecule has 0 aliphatic carbocycles. The van der Waals surface area contributed by atoms with Crippen LogP contribution in [0.15, 0.2) is 28.8 Å². The maximum absolute atomic E-state index is 11.8. The summed E-state index contributed by atoms with van der Waals surface area (Å²) in [6.07, 6.45) is 2.19. The number of carbonyl (C=O) groups is 2. The van der Waals surface area contributed by atoms with Crippen molar-refractivity contribution in [1.82, 2.24) is 15.6 Å². The molecule has 0 bridgehead atoms. The molecule has 0 aliphatic heterocycles. The van der Waals surface area contributed by atoms with E-state index in [0.29, 0.717) is 46.8 Å². The molecule has 0 saturated carbocycles. The molecule has 0 fully saturated rings. The molecular weight excluding hydrogens is 377 g/mol. The number of nitrogens with one attached hydrogen (secondary N) is 2. The smallest absolute Gasteiger partial charge is 0.222 e. The number of aryl methyl sites for hydroxylation is 1. The Labute approximate surface area is 162 Å². The Hall–Kier alpha value is -2.05. The first-order valence-electron chi connectivity index (χ1n) is 8.31. The molecule has 6 nitrogen and oxygen atoms in total. The Morgan fingerprint density at radius 3 is 2.62 bits per heavy atom. The van der Waals surface area contributed by atoms with Crippen LogP contribution in [-0.2, 0) is 16.0 Å². The lowest BCUT2D eigenvalue weighted by Crippen LogP contribution is -2.36. The minimum atomic E-state index is -0.131. The molecule has 0 atom stereocenters. The first-order valence-corrected chi connectivity index (χ1v) is 9.07. The maximum atomic E-state index is 11.8. The van der Waals surface area contributed by atoms with E-state index in [-0.39, 0.29) is 24.2 Å². The van der Waals surface area contributed by atoms with E-state index in [1.807, 2.05) is 13.8 Å². The Morgan fingerprint density at radius 1 is 1.19 bits per heavy atom. The van der Waals surface area contributed by atoms with Gasteiger partial charge in [0.05, 0.1) is 11.2 Å². The van der Waals surface area contributed by atoms with Crippen LogP contribution >= 0.6 is 23.2 Å². The number of amides is 2. The van der Waals surface area contributed by atoms with Gasteiger partial charge in [-0.15, -0.1) is 0 Å². The molecule has 2 N–H and O–H groups in total. The van der Waals surface area contributed by atoms with Gasteiger partial charge >= 0.3 is 0 Å². The molecular formula is C18H21Cl2N3O3. The lowest BCUT2D eigenvalue weighted by molar-refractivity contribution is -0.124. The number of rotatable bonds is 8. The summed E-state index contributed by atoms with van der Waals surface area (Å²) in [7, 11) is 0. The molecule has 0 unspecified atom stereocenters. The van der Waals surface area contributed by atoms with Gasteiger partial charge < -0.3 is 15.1 Å². The zero-order chi connectivity index (χ0) is 19.1. The normalized spacial score (nSPS) is 10.8. The Morgan fingerprint density at radius 2 is 1.92 bits per heavy atom. The minimum Gasteiger partial charge on any atom is -0.441 e. The summed E-state index contributed by atoms with van der Waals surface area (Å²) in [5, 5.41) is 6.49. The maximum Gasteiger partial charge on any atom is 0.222 e. The molecule has 2 aromatic rings. The number of hydrogen-bond donors (Lipinski definition) is 2. The van der Waals surface area contributed by atoms with Crippen molar-refractivity contribution in [2.24, 2.45) is 5.92 Å². The molecule has 1 aromatic carbocycles. The Bertz CT molecular complexity index is 775. The molecule has 2 rings (SSSR count). The predicted octanol–water partition coefficient (Wildman–Crippen LogP) is 3.47. The highest BCUT2D eigenvalue weighted by molar-refractivity contribution is 6.36. The fourth-order valence-electron chi connectivity index (χ4n) is 2.14. The largest absolute Gasteiger partial charge is 0.441 e. The van der Waals surface area contributed by atoms with E-state index in [0.717, 1.165) is 0 Å². The van der Waals surface area contributed by atoms with Gasteiger partial charge in [-0.1, -0.05) is 37.0 Å². The summed E-state index contributed by atoms with van der Waals surface area (Å²) in [4.78, 5) is 27.4. The van der Waals surface area contributed by atoms with Crippen molar-refractivity contribution in [2.75, 3.05) is 13.1 Å². The highest BCUT2D eigenvalue weighted by Crippen LogP contribution is 2.30. The van der Waals surface area contributed by atoms with Crippen molar-refractivity contribution < 1.29 is 14.0 Å². The highest BCUT2D eigenvalue weighted by atomic mass is 35.5. The van der Waals surface area contributed by atoms with Crippen LogP contribution in [0.25, 0.3) is 11.3 Å². The predicted molar refractivity (Wildman–Crippen MR) is 101 cm³/mol. The van der Waals surface area contributed by atoms with Gasteiger partial charge in [-0.3, -0.25) is 9.59 Å². The fraction of sp³-hybridized carbons (Fsp3) is 0.389. The number of aromatic nitrogens is 1. The average molecular weight is 398 g/mol. The molecule has 0 spiro atoms. The van der Waals surface area contributed by atoms with E-state index in [4.69, 9.17) is 27.6 Å². The van der Waals surface area contributed by atoms with Crippen molar-refractivity contribution in [2.45, 2.75) is 26.7 Å². The first-order chi connectivity index (χ1) is 12.4. The van der Waals surface area contributed by atoms with Crippen LogP contribution in [0.4, 0.5) is 0 Å². The van der Waals surface area contributed by atoms with Crippen LogP contribution in [0.1, 0.15) is 26.2 Å². The molecule has 2 amide bonds. The summed E-state index contributed by atoms with van der Waals surface area (Å²) in [5.74, 6) is 0.743. The molecule has 1 aromatic heterocycles. The zero-order valence-corrected chi connectivity index (χ0v) is 16.2. The van der Waals surface area contributed by atoms with Crippen LogP contribution in [0.3, 0.4) is 0 Å². The topological polar surface area (TPSA) is 84.2 Å².